The average Bonchev–Trinajstić information content (AvgIpc) is 3.43. The molecule has 1 aliphatic carbocycles. The third kappa shape index (κ3) is 4.79. The number of carbonyl (C=O) groups excluding carboxylic acids is 1. The molecule has 0 atom stereocenters. The molecule has 1 aromatic carbocycles. The van der Waals surface area contributed by atoms with Crippen LogP contribution in [-0.4, -0.2) is 27.2 Å². The second-order valence-electron chi connectivity index (χ2n) is 7.69. The second-order valence-corrected chi connectivity index (χ2v) is 8.10. The van der Waals surface area contributed by atoms with Crippen LogP contribution in [0.4, 0.5) is 15.9 Å². The lowest BCUT2D eigenvalue weighted by Crippen LogP contribution is -2.27. The first kappa shape index (κ1) is 20.3. The van der Waals surface area contributed by atoms with Gasteiger partial charge < -0.3 is 10.6 Å². The van der Waals surface area contributed by atoms with E-state index in [1.165, 1.54) is 18.9 Å². The van der Waals surface area contributed by atoms with Crippen LogP contribution in [0.15, 0.2) is 36.4 Å². The van der Waals surface area contributed by atoms with Gasteiger partial charge in [0.15, 0.2) is 11.6 Å². The lowest BCUT2D eigenvalue weighted by molar-refractivity contribution is -0.120. The van der Waals surface area contributed by atoms with Crippen LogP contribution in [0.25, 0.3) is 5.69 Å². The highest BCUT2D eigenvalue weighted by Gasteiger charge is 2.22. The molecule has 30 heavy (non-hydrogen) atoms. The molecule has 2 heterocycles. The fourth-order valence-electron chi connectivity index (χ4n) is 3.31. The zero-order valence-electron chi connectivity index (χ0n) is 16.9. The lowest BCUT2D eigenvalue weighted by atomic mass is 10.2. The van der Waals surface area contributed by atoms with Crippen molar-refractivity contribution < 1.29 is 9.18 Å². The molecular weight excluding hydrogens is 405 g/mol. The SMILES string of the molecule is Cc1cc(-n2nc(Nc3cccc(Cl)c3F)cc2CC(=O)NCC2CC2)cc(C)n1. The highest BCUT2D eigenvalue weighted by molar-refractivity contribution is 6.31. The van der Waals surface area contributed by atoms with E-state index in [4.69, 9.17) is 11.6 Å². The van der Waals surface area contributed by atoms with E-state index in [0.29, 0.717) is 24.0 Å². The van der Waals surface area contributed by atoms with Gasteiger partial charge in [0.1, 0.15) is 0 Å². The van der Waals surface area contributed by atoms with Gasteiger partial charge in [0.05, 0.1) is 28.5 Å². The topological polar surface area (TPSA) is 71.8 Å². The van der Waals surface area contributed by atoms with Crippen molar-refractivity contribution in [2.45, 2.75) is 33.1 Å². The summed E-state index contributed by atoms with van der Waals surface area (Å²) in [5.41, 5.74) is 3.40. The first-order chi connectivity index (χ1) is 14.4. The van der Waals surface area contributed by atoms with Crippen LogP contribution >= 0.6 is 11.6 Å². The molecule has 0 unspecified atom stereocenters. The van der Waals surface area contributed by atoms with E-state index >= 15 is 0 Å². The number of benzene rings is 1. The third-order valence-electron chi connectivity index (χ3n) is 4.93. The van der Waals surface area contributed by atoms with Crippen LogP contribution in [-0.2, 0) is 11.2 Å². The summed E-state index contributed by atoms with van der Waals surface area (Å²) >= 11 is 5.88. The number of hydrogen-bond acceptors (Lipinski definition) is 4. The Balaban J connectivity index is 1.65. The van der Waals surface area contributed by atoms with Crippen LogP contribution in [0.1, 0.15) is 29.9 Å². The van der Waals surface area contributed by atoms with Crippen molar-refractivity contribution in [3.63, 3.8) is 0 Å². The number of nitrogens with zero attached hydrogens (tertiary/aromatic N) is 3. The molecular formula is C22H23ClFN5O. The minimum absolute atomic E-state index is 0.0273. The number of aromatic nitrogens is 3. The summed E-state index contributed by atoms with van der Waals surface area (Å²) in [4.78, 5) is 16.9. The Bertz CT molecular complexity index is 1070. The quantitative estimate of drug-likeness (QED) is 0.582. The summed E-state index contributed by atoms with van der Waals surface area (Å²) < 4.78 is 16.0. The van der Waals surface area contributed by atoms with Crippen molar-refractivity contribution in [3.8, 4) is 5.69 Å². The molecule has 8 heteroatoms. The summed E-state index contributed by atoms with van der Waals surface area (Å²) in [6.45, 7) is 4.52. The Labute approximate surface area is 179 Å². The van der Waals surface area contributed by atoms with Crippen molar-refractivity contribution in [2.24, 2.45) is 5.92 Å². The molecule has 2 N–H and O–H groups in total. The Morgan fingerprint density at radius 3 is 2.67 bits per heavy atom. The van der Waals surface area contributed by atoms with E-state index in [1.807, 2.05) is 26.0 Å². The maximum absolute atomic E-state index is 14.3. The summed E-state index contributed by atoms with van der Waals surface area (Å²) in [5.74, 6) is 0.416. The van der Waals surface area contributed by atoms with Crippen LogP contribution in [0.5, 0.6) is 0 Å². The molecule has 0 bridgehead atoms. The number of aryl methyl sites for hydroxylation is 2. The largest absolute Gasteiger partial charge is 0.355 e. The summed E-state index contributed by atoms with van der Waals surface area (Å²) in [7, 11) is 0. The minimum atomic E-state index is -0.548. The molecule has 1 saturated carbocycles. The molecule has 1 fully saturated rings. The second kappa shape index (κ2) is 8.44. The zero-order chi connectivity index (χ0) is 21.3. The predicted molar refractivity (Wildman–Crippen MR) is 115 cm³/mol. The van der Waals surface area contributed by atoms with Gasteiger partial charge in [0.25, 0.3) is 0 Å². The van der Waals surface area contributed by atoms with Gasteiger partial charge in [0, 0.05) is 24.0 Å². The van der Waals surface area contributed by atoms with E-state index in [0.717, 1.165) is 17.1 Å². The minimum Gasteiger partial charge on any atom is -0.355 e. The Morgan fingerprint density at radius 2 is 1.97 bits per heavy atom. The Kier molecular flexibility index (Phi) is 5.72. The van der Waals surface area contributed by atoms with Crippen molar-refractivity contribution in [1.82, 2.24) is 20.1 Å². The van der Waals surface area contributed by atoms with Gasteiger partial charge in [0.2, 0.25) is 5.91 Å². The number of carbonyl (C=O) groups is 1. The molecule has 0 aliphatic heterocycles. The Hall–Kier alpha value is -2.93. The van der Waals surface area contributed by atoms with Crippen molar-refractivity contribution in [2.75, 3.05) is 11.9 Å². The predicted octanol–water partition coefficient (Wildman–Crippen LogP) is 4.49. The number of nitrogens with one attached hydrogen (secondary N) is 2. The van der Waals surface area contributed by atoms with E-state index in [1.54, 1.807) is 22.9 Å². The molecule has 0 saturated heterocycles. The normalized spacial score (nSPS) is 13.3. The fourth-order valence-corrected chi connectivity index (χ4v) is 3.49. The maximum atomic E-state index is 14.3. The van der Waals surface area contributed by atoms with Crippen LogP contribution in [0, 0.1) is 25.6 Å². The van der Waals surface area contributed by atoms with Gasteiger partial charge in [-0.2, -0.15) is 0 Å². The molecule has 156 valence electrons. The maximum Gasteiger partial charge on any atom is 0.226 e. The summed E-state index contributed by atoms with van der Waals surface area (Å²) in [5, 5.41) is 10.6. The molecule has 6 nitrogen and oxygen atoms in total. The number of rotatable bonds is 7. The highest BCUT2D eigenvalue weighted by Crippen LogP contribution is 2.28. The number of amides is 1. The number of anilines is 2. The monoisotopic (exact) mass is 427 g/mol. The average molecular weight is 428 g/mol. The van der Waals surface area contributed by atoms with E-state index < -0.39 is 5.82 Å². The number of halogens is 2. The van der Waals surface area contributed by atoms with Gasteiger partial charge in [-0.3, -0.25) is 9.78 Å². The molecule has 1 amide bonds. The molecule has 4 rings (SSSR count). The third-order valence-corrected chi connectivity index (χ3v) is 5.23. The highest BCUT2D eigenvalue weighted by atomic mass is 35.5. The van der Waals surface area contributed by atoms with E-state index in [9.17, 15) is 9.18 Å². The summed E-state index contributed by atoms with van der Waals surface area (Å²) in [6, 6.07) is 10.3. The lowest BCUT2D eigenvalue weighted by Gasteiger charge is -2.09. The molecule has 3 aromatic rings. The van der Waals surface area contributed by atoms with E-state index in [2.05, 4.69) is 20.7 Å². The summed E-state index contributed by atoms with van der Waals surface area (Å²) in [6.07, 6.45) is 2.51. The van der Waals surface area contributed by atoms with Crippen LogP contribution in [0.3, 0.4) is 0 Å². The van der Waals surface area contributed by atoms with Gasteiger partial charge in [-0.05, 0) is 56.9 Å². The van der Waals surface area contributed by atoms with Crippen molar-refractivity contribution in [3.05, 3.63) is 64.3 Å². The van der Waals surface area contributed by atoms with Gasteiger partial charge in [-0.15, -0.1) is 5.10 Å². The smallest absolute Gasteiger partial charge is 0.226 e. The van der Waals surface area contributed by atoms with Crippen molar-refractivity contribution in [1.29, 1.82) is 0 Å². The van der Waals surface area contributed by atoms with Gasteiger partial charge in [-0.25, -0.2) is 9.07 Å². The van der Waals surface area contributed by atoms with Crippen LogP contribution < -0.4 is 10.6 Å². The molecule has 1 aliphatic rings. The van der Waals surface area contributed by atoms with E-state index in [-0.39, 0.29) is 23.0 Å². The molecule has 0 spiro atoms. The first-order valence-electron chi connectivity index (χ1n) is 9.91. The standard InChI is InChI=1S/C22H23ClFN5O/c1-13-8-16(9-14(2)26-13)29-17(11-21(30)25-12-15-6-7-15)10-20(28-29)27-19-5-3-4-18(23)22(19)24/h3-5,8-10,15H,6-7,11-12H2,1-2H3,(H,25,30)(H,27,28). The van der Waals surface area contributed by atoms with Gasteiger partial charge >= 0.3 is 0 Å². The van der Waals surface area contributed by atoms with Gasteiger partial charge in [-0.1, -0.05) is 17.7 Å². The Morgan fingerprint density at radius 1 is 1.23 bits per heavy atom. The number of hydrogen-bond donors (Lipinski definition) is 2. The van der Waals surface area contributed by atoms with Crippen molar-refractivity contribution >= 4 is 29.0 Å². The fraction of sp³-hybridized carbons (Fsp3) is 0.318. The van der Waals surface area contributed by atoms with Crippen LogP contribution in [0.2, 0.25) is 5.02 Å². The molecule has 2 aromatic heterocycles. The molecule has 0 radical (unpaired) electrons. The number of pyridine rings is 1. The first-order valence-corrected chi connectivity index (χ1v) is 10.3. The zero-order valence-corrected chi connectivity index (χ0v) is 17.6.